The predicted octanol–water partition coefficient (Wildman–Crippen LogP) is 2.29. The first kappa shape index (κ1) is 15.9. The van der Waals surface area contributed by atoms with Crippen LogP contribution in [0.3, 0.4) is 0 Å². The molecule has 0 aromatic heterocycles. The average Bonchev–Trinajstić information content (AvgIpc) is 2.64. The van der Waals surface area contributed by atoms with E-state index in [2.05, 4.69) is 13.8 Å². The first-order valence-electron chi connectivity index (χ1n) is 6.95. The molecule has 1 unspecified atom stereocenters. The van der Waals surface area contributed by atoms with Crippen LogP contribution in [0.4, 0.5) is 0 Å². The highest BCUT2D eigenvalue weighted by atomic mass is 32.2. The molecule has 18 heavy (non-hydrogen) atoms. The first-order valence-corrected chi connectivity index (χ1v) is 8.67. The summed E-state index contributed by atoms with van der Waals surface area (Å²) in [5.41, 5.74) is -0.223. The van der Waals surface area contributed by atoms with Crippen molar-refractivity contribution in [2.24, 2.45) is 16.5 Å². The number of rotatable bonds is 8. The van der Waals surface area contributed by atoms with Crippen LogP contribution in [0.2, 0.25) is 0 Å². The van der Waals surface area contributed by atoms with Crippen molar-refractivity contribution in [3.63, 3.8) is 0 Å². The van der Waals surface area contributed by atoms with Crippen molar-refractivity contribution < 1.29 is 13.2 Å². The molecule has 2 N–H and O–H groups in total. The molecule has 0 amide bonds. The zero-order valence-corrected chi connectivity index (χ0v) is 12.5. The summed E-state index contributed by atoms with van der Waals surface area (Å²) in [6.45, 7) is 5.60. The quantitative estimate of drug-likeness (QED) is 0.740. The molecule has 1 saturated carbocycles. The Morgan fingerprint density at radius 1 is 1.33 bits per heavy atom. The molecule has 0 bridgehead atoms. The fourth-order valence-electron chi connectivity index (χ4n) is 2.93. The zero-order valence-electron chi connectivity index (χ0n) is 11.7. The normalized spacial score (nSPS) is 21.1. The molecule has 4 nitrogen and oxygen atoms in total. The molecule has 0 aliphatic heterocycles. The van der Waals surface area contributed by atoms with Gasteiger partial charge in [0, 0.05) is 12.0 Å². The van der Waals surface area contributed by atoms with Gasteiger partial charge in [-0.2, -0.15) is 0 Å². The fourth-order valence-corrected chi connectivity index (χ4v) is 4.16. The maximum atomic E-state index is 11.3. The first-order chi connectivity index (χ1) is 8.37. The lowest BCUT2D eigenvalue weighted by Gasteiger charge is -2.28. The summed E-state index contributed by atoms with van der Waals surface area (Å²) in [6.07, 6.45) is 6.33. The van der Waals surface area contributed by atoms with Gasteiger partial charge in [0.05, 0.1) is 12.4 Å². The van der Waals surface area contributed by atoms with E-state index in [0.29, 0.717) is 12.5 Å². The Labute approximate surface area is 111 Å². The van der Waals surface area contributed by atoms with Gasteiger partial charge in [-0.05, 0) is 25.2 Å². The standard InChI is InChI=1S/C13H27NO3S/c1-3-6-12(2)9-17-10-13(7-4-5-8-13)11-18(14,15)16/h12H,3-11H2,1-2H3,(H2,14,15,16). The Hall–Kier alpha value is -0.130. The van der Waals surface area contributed by atoms with Crippen LogP contribution in [-0.2, 0) is 14.8 Å². The Morgan fingerprint density at radius 3 is 2.44 bits per heavy atom. The third-order valence-electron chi connectivity index (χ3n) is 3.76. The van der Waals surface area contributed by atoms with Gasteiger partial charge in [-0.3, -0.25) is 0 Å². The van der Waals surface area contributed by atoms with Crippen LogP contribution in [-0.4, -0.2) is 27.4 Å². The van der Waals surface area contributed by atoms with Crippen molar-refractivity contribution in [3.05, 3.63) is 0 Å². The second kappa shape index (κ2) is 6.87. The highest BCUT2D eigenvalue weighted by Crippen LogP contribution is 2.39. The van der Waals surface area contributed by atoms with Gasteiger partial charge in [0.2, 0.25) is 10.0 Å². The molecule has 1 aliphatic rings. The summed E-state index contributed by atoms with van der Waals surface area (Å²) in [5.74, 6) is 0.616. The second-order valence-corrected chi connectivity index (χ2v) is 7.54. The van der Waals surface area contributed by atoms with E-state index in [9.17, 15) is 8.42 Å². The van der Waals surface area contributed by atoms with Gasteiger partial charge in [0.25, 0.3) is 0 Å². The number of ether oxygens (including phenoxy) is 1. The van der Waals surface area contributed by atoms with Crippen LogP contribution in [0.15, 0.2) is 0 Å². The van der Waals surface area contributed by atoms with Crippen molar-refractivity contribution in [1.82, 2.24) is 0 Å². The summed E-state index contributed by atoms with van der Waals surface area (Å²) >= 11 is 0. The van der Waals surface area contributed by atoms with E-state index >= 15 is 0 Å². The minimum atomic E-state index is -3.41. The summed E-state index contributed by atoms with van der Waals surface area (Å²) in [7, 11) is -3.41. The molecular formula is C13H27NO3S. The van der Waals surface area contributed by atoms with E-state index in [0.717, 1.165) is 45.1 Å². The van der Waals surface area contributed by atoms with Crippen molar-refractivity contribution in [2.45, 2.75) is 52.4 Å². The highest BCUT2D eigenvalue weighted by molar-refractivity contribution is 7.89. The summed E-state index contributed by atoms with van der Waals surface area (Å²) in [5, 5.41) is 5.20. The minimum absolute atomic E-state index is 0.0716. The Kier molecular flexibility index (Phi) is 6.08. The average molecular weight is 277 g/mol. The lowest BCUT2D eigenvalue weighted by molar-refractivity contribution is 0.0382. The number of hydrogen-bond acceptors (Lipinski definition) is 3. The van der Waals surface area contributed by atoms with Gasteiger partial charge >= 0.3 is 0 Å². The van der Waals surface area contributed by atoms with E-state index < -0.39 is 10.0 Å². The molecule has 108 valence electrons. The topological polar surface area (TPSA) is 69.4 Å². The van der Waals surface area contributed by atoms with Crippen molar-refractivity contribution in [1.29, 1.82) is 0 Å². The third-order valence-corrected chi connectivity index (χ3v) is 4.78. The fraction of sp³-hybridized carbons (Fsp3) is 1.00. The van der Waals surface area contributed by atoms with Crippen molar-refractivity contribution in [3.8, 4) is 0 Å². The maximum Gasteiger partial charge on any atom is 0.209 e. The summed E-state index contributed by atoms with van der Waals surface area (Å²) < 4.78 is 28.4. The van der Waals surface area contributed by atoms with E-state index in [1.807, 2.05) is 0 Å². The molecular weight excluding hydrogens is 250 g/mol. The summed E-state index contributed by atoms with van der Waals surface area (Å²) in [6, 6.07) is 0. The molecule has 1 aliphatic carbocycles. The Bertz CT molecular complexity index is 334. The van der Waals surface area contributed by atoms with Gasteiger partial charge in [0.1, 0.15) is 0 Å². The van der Waals surface area contributed by atoms with Crippen molar-refractivity contribution in [2.75, 3.05) is 19.0 Å². The highest BCUT2D eigenvalue weighted by Gasteiger charge is 2.37. The SMILES string of the molecule is CCCC(C)COCC1(CS(N)(=O)=O)CCCC1. The Morgan fingerprint density at radius 2 is 1.94 bits per heavy atom. The number of nitrogens with two attached hydrogens (primary N) is 1. The molecule has 0 heterocycles. The predicted molar refractivity (Wildman–Crippen MR) is 73.8 cm³/mol. The van der Waals surface area contributed by atoms with E-state index in [1.165, 1.54) is 0 Å². The molecule has 0 aromatic carbocycles. The number of sulfonamides is 1. The molecule has 0 aromatic rings. The van der Waals surface area contributed by atoms with Crippen LogP contribution < -0.4 is 5.14 Å². The van der Waals surface area contributed by atoms with E-state index in [1.54, 1.807) is 0 Å². The molecule has 1 fully saturated rings. The van der Waals surface area contributed by atoms with Crippen molar-refractivity contribution >= 4 is 10.0 Å². The van der Waals surface area contributed by atoms with Gasteiger partial charge in [-0.15, -0.1) is 0 Å². The number of hydrogen-bond donors (Lipinski definition) is 1. The van der Waals surface area contributed by atoms with Gasteiger partial charge in [-0.1, -0.05) is 33.1 Å². The summed E-state index contributed by atoms with van der Waals surface area (Å²) in [4.78, 5) is 0. The molecule has 0 spiro atoms. The molecule has 5 heteroatoms. The number of primary sulfonamides is 1. The maximum absolute atomic E-state index is 11.3. The van der Waals surface area contributed by atoms with Gasteiger partial charge < -0.3 is 4.74 Å². The lowest BCUT2D eigenvalue weighted by atomic mass is 9.90. The lowest BCUT2D eigenvalue weighted by Crippen LogP contribution is -2.35. The molecule has 1 rings (SSSR count). The van der Waals surface area contributed by atoms with Gasteiger partial charge in [0.15, 0.2) is 0 Å². The largest absolute Gasteiger partial charge is 0.381 e. The Balaban J connectivity index is 2.43. The van der Waals surface area contributed by atoms with Crippen LogP contribution in [0.5, 0.6) is 0 Å². The van der Waals surface area contributed by atoms with Gasteiger partial charge in [-0.25, -0.2) is 13.6 Å². The smallest absolute Gasteiger partial charge is 0.209 e. The molecule has 0 radical (unpaired) electrons. The third kappa shape index (κ3) is 5.67. The van der Waals surface area contributed by atoms with E-state index in [-0.39, 0.29) is 11.2 Å². The molecule has 0 saturated heterocycles. The molecule has 1 atom stereocenters. The van der Waals surface area contributed by atoms with Crippen LogP contribution in [0.1, 0.15) is 52.4 Å². The van der Waals surface area contributed by atoms with E-state index in [4.69, 9.17) is 9.88 Å². The zero-order chi connectivity index (χ0) is 13.6. The van der Waals surface area contributed by atoms with Crippen LogP contribution in [0, 0.1) is 11.3 Å². The van der Waals surface area contributed by atoms with Crippen LogP contribution >= 0.6 is 0 Å². The van der Waals surface area contributed by atoms with Crippen LogP contribution in [0.25, 0.3) is 0 Å². The monoisotopic (exact) mass is 277 g/mol. The minimum Gasteiger partial charge on any atom is -0.381 e. The second-order valence-electron chi connectivity index (χ2n) is 5.92.